The molecule has 1 unspecified atom stereocenters. The molecule has 3 aliphatic rings. The lowest BCUT2D eigenvalue weighted by atomic mass is 9.91. The Kier molecular flexibility index (Phi) is 4.90. The van der Waals surface area contributed by atoms with Crippen LogP contribution in [0.15, 0.2) is 54.4 Å². The van der Waals surface area contributed by atoms with E-state index in [1.54, 1.807) is 12.1 Å². The third-order valence-corrected chi connectivity index (χ3v) is 5.40. The zero-order valence-electron chi connectivity index (χ0n) is 15.4. The number of nitrogens with zero attached hydrogens (tertiary/aromatic N) is 2. The minimum absolute atomic E-state index is 0.118. The van der Waals surface area contributed by atoms with Crippen molar-refractivity contribution < 1.29 is 14.6 Å². The van der Waals surface area contributed by atoms with Crippen LogP contribution < -0.4 is 10.6 Å². The second-order valence-electron chi connectivity index (χ2n) is 7.14. The highest BCUT2D eigenvalue weighted by atomic mass is 16.5. The maximum atomic E-state index is 13.1. The van der Waals surface area contributed by atoms with E-state index in [4.69, 9.17) is 10.00 Å². The summed E-state index contributed by atoms with van der Waals surface area (Å²) in [6.45, 7) is 0.921. The van der Waals surface area contributed by atoms with Crippen LogP contribution in [0.1, 0.15) is 24.0 Å². The van der Waals surface area contributed by atoms with Gasteiger partial charge >= 0.3 is 0 Å². The predicted octanol–water partition coefficient (Wildman–Crippen LogP) is 1.20. The molecule has 0 aromatic heterocycles. The minimum Gasteiger partial charge on any atom is -0.394 e. The second-order valence-corrected chi connectivity index (χ2v) is 7.14. The van der Waals surface area contributed by atoms with Crippen molar-refractivity contribution in [3.05, 3.63) is 65.5 Å². The fourth-order valence-corrected chi connectivity index (χ4v) is 3.72. The van der Waals surface area contributed by atoms with Gasteiger partial charge in [0.2, 0.25) is 0 Å². The Morgan fingerprint density at radius 3 is 2.75 bits per heavy atom. The van der Waals surface area contributed by atoms with Gasteiger partial charge < -0.3 is 25.4 Å². The van der Waals surface area contributed by atoms with Gasteiger partial charge in [-0.15, -0.1) is 0 Å². The molecule has 28 heavy (non-hydrogen) atoms. The number of nitrogens with one attached hydrogen (secondary N) is 2. The van der Waals surface area contributed by atoms with E-state index in [2.05, 4.69) is 16.7 Å². The Balaban J connectivity index is 1.58. The molecule has 1 aromatic carbocycles. The average Bonchev–Trinajstić information content (AvgIpc) is 3.14. The molecule has 0 bridgehead atoms. The number of hydrogen-bond donors (Lipinski definition) is 3. The number of aliphatic hydroxyl groups is 1. The van der Waals surface area contributed by atoms with Crippen LogP contribution in [0.2, 0.25) is 0 Å². The van der Waals surface area contributed by atoms with E-state index in [-0.39, 0.29) is 12.5 Å². The van der Waals surface area contributed by atoms with Crippen LogP contribution in [-0.4, -0.2) is 47.4 Å². The van der Waals surface area contributed by atoms with Crippen molar-refractivity contribution in [1.29, 1.82) is 5.26 Å². The molecule has 3 aliphatic heterocycles. The molecule has 0 spiro atoms. The first-order valence-electron chi connectivity index (χ1n) is 9.31. The Morgan fingerprint density at radius 1 is 1.32 bits per heavy atom. The Hall–Kier alpha value is -3.08. The average molecular weight is 378 g/mol. The summed E-state index contributed by atoms with van der Waals surface area (Å²) < 4.78 is 5.37. The molecule has 3 N–H and O–H groups in total. The van der Waals surface area contributed by atoms with Gasteiger partial charge in [0.1, 0.15) is 0 Å². The molecular weight excluding hydrogens is 356 g/mol. The van der Waals surface area contributed by atoms with Crippen LogP contribution in [-0.2, 0) is 9.53 Å². The minimum atomic E-state index is -0.649. The number of benzene rings is 1. The molecule has 1 amide bonds. The SMILES string of the molecule is N#Cc1ccc(C2=C3C=CC=CN3C(C(=O)NC3(CO)CCOCC3)N2)cc1. The normalized spacial score (nSPS) is 22.4. The van der Waals surface area contributed by atoms with Gasteiger partial charge in [0, 0.05) is 19.4 Å². The number of aliphatic hydroxyl groups excluding tert-OH is 1. The van der Waals surface area contributed by atoms with Crippen LogP contribution in [0.3, 0.4) is 0 Å². The summed E-state index contributed by atoms with van der Waals surface area (Å²) in [7, 11) is 0. The van der Waals surface area contributed by atoms with Gasteiger partial charge in [-0.05, 0) is 42.7 Å². The molecule has 4 rings (SSSR count). The van der Waals surface area contributed by atoms with Crippen molar-refractivity contribution in [2.24, 2.45) is 0 Å². The monoisotopic (exact) mass is 378 g/mol. The molecule has 0 aliphatic carbocycles. The summed E-state index contributed by atoms with van der Waals surface area (Å²) in [5.74, 6) is -0.197. The van der Waals surface area contributed by atoms with E-state index in [1.807, 2.05) is 41.5 Å². The van der Waals surface area contributed by atoms with Gasteiger partial charge in [-0.2, -0.15) is 5.26 Å². The number of carbonyl (C=O) groups excluding carboxylic acids is 1. The molecule has 0 saturated carbocycles. The van der Waals surface area contributed by atoms with Crippen molar-refractivity contribution in [2.45, 2.75) is 24.5 Å². The van der Waals surface area contributed by atoms with E-state index in [1.165, 1.54) is 0 Å². The number of amides is 1. The van der Waals surface area contributed by atoms with Crippen molar-refractivity contribution in [3.8, 4) is 6.07 Å². The largest absolute Gasteiger partial charge is 0.394 e. The maximum Gasteiger partial charge on any atom is 0.264 e. The fourth-order valence-electron chi connectivity index (χ4n) is 3.72. The van der Waals surface area contributed by atoms with Gasteiger partial charge in [-0.25, -0.2) is 0 Å². The van der Waals surface area contributed by atoms with Gasteiger partial charge in [-0.3, -0.25) is 4.79 Å². The molecule has 7 heteroatoms. The molecule has 3 heterocycles. The Labute approximate surface area is 163 Å². The Bertz CT molecular complexity index is 889. The predicted molar refractivity (Wildman–Crippen MR) is 103 cm³/mol. The summed E-state index contributed by atoms with van der Waals surface area (Å²) in [6, 6.07) is 9.36. The third kappa shape index (κ3) is 3.28. The highest BCUT2D eigenvalue weighted by molar-refractivity contribution is 5.88. The van der Waals surface area contributed by atoms with E-state index in [9.17, 15) is 9.90 Å². The number of nitriles is 1. The van der Waals surface area contributed by atoms with E-state index in [0.717, 1.165) is 17.0 Å². The van der Waals surface area contributed by atoms with E-state index >= 15 is 0 Å². The van der Waals surface area contributed by atoms with Gasteiger partial charge in [0.25, 0.3) is 5.91 Å². The summed E-state index contributed by atoms with van der Waals surface area (Å²) in [5.41, 5.74) is 2.55. The lowest BCUT2D eigenvalue weighted by Crippen LogP contribution is -2.60. The molecule has 1 atom stereocenters. The van der Waals surface area contributed by atoms with Gasteiger partial charge in [-0.1, -0.05) is 18.2 Å². The van der Waals surface area contributed by atoms with Gasteiger partial charge in [0.15, 0.2) is 6.17 Å². The number of allylic oxidation sites excluding steroid dienone is 3. The molecule has 0 radical (unpaired) electrons. The van der Waals surface area contributed by atoms with Crippen molar-refractivity contribution in [2.75, 3.05) is 19.8 Å². The number of hydrogen-bond acceptors (Lipinski definition) is 6. The fraction of sp³-hybridized carbons (Fsp3) is 0.333. The zero-order chi connectivity index (χ0) is 19.6. The lowest BCUT2D eigenvalue weighted by Gasteiger charge is -2.38. The highest BCUT2D eigenvalue weighted by Gasteiger charge is 2.40. The van der Waals surface area contributed by atoms with Crippen molar-refractivity contribution in [1.82, 2.24) is 15.5 Å². The van der Waals surface area contributed by atoms with E-state index in [0.29, 0.717) is 31.6 Å². The summed E-state index contributed by atoms with van der Waals surface area (Å²) in [6.07, 6.45) is 8.16. The molecule has 1 aromatic rings. The number of ether oxygens (including phenoxy) is 1. The Morgan fingerprint density at radius 2 is 2.07 bits per heavy atom. The highest BCUT2D eigenvalue weighted by Crippen LogP contribution is 2.31. The quantitative estimate of drug-likeness (QED) is 0.728. The van der Waals surface area contributed by atoms with Crippen LogP contribution in [0.5, 0.6) is 0 Å². The van der Waals surface area contributed by atoms with Crippen LogP contribution in [0.25, 0.3) is 5.70 Å². The molecule has 7 nitrogen and oxygen atoms in total. The van der Waals surface area contributed by atoms with Crippen molar-refractivity contribution in [3.63, 3.8) is 0 Å². The van der Waals surface area contributed by atoms with E-state index < -0.39 is 11.7 Å². The van der Waals surface area contributed by atoms with Gasteiger partial charge in [0.05, 0.1) is 35.2 Å². The number of rotatable bonds is 4. The number of carbonyl (C=O) groups is 1. The van der Waals surface area contributed by atoms with Crippen molar-refractivity contribution >= 4 is 11.6 Å². The van der Waals surface area contributed by atoms with Crippen LogP contribution in [0, 0.1) is 11.3 Å². The second kappa shape index (κ2) is 7.50. The summed E-state index contributed by atoms with van der Waals surface area (Å²) >= 11 is 0. The topological polar surface area (TPSA) is 97.6 Å². The number of fused-ring (bicyclic) bond motifs is 1. The molecular formula is C21H22N4O3. The summed E-state index contributed by atoms with van der Waals surface area (Å²) in [4.78, 5) is 15.0. The standard InChI is InChI=1S/C21H22N4O3/c22-13-15-4-6-16(7-5-15)18-17-3-1-2-10-25(17)19(23-18)20(27)24-21(14-26)8-11-28-12-9-21/h1-7,10,19,23,26H,8-9,11-12,14H2,(H,24,27). The summed E-state index contributed by atoms with van der Waals surface area (Å²) in [5, 5.41) is 25.2. The van der Waals surface area contributed by atoms with Crippen LogP contribution >= 0.6 is 0 Å². The lowest BCUT2D eigenvalue weighted by molar-refractivity contribution is -0.129. The van der Waals surface area contributed by atoms with Crippen LogP contribution in [0.4, 0.5) is 0 Å². The first-order valence-corrected chi connectivity index (χ1v) is 9.31. The first-order chi connectivity index (χ1) is 13.7. The maximum absolute atomic E-state index is 13.1. The third-order valence-electron chi connectivity index (χ3n) is 5.40. The first kappa shape index (κ1) is 18.3. The zero-order valence-corrected chi connectivity index (χ0v) is 15.4. The smallest absolute Gasteiger partial charge is 0.264 e. The molecule has 1 fully saturated rings. The molecule has 1 saturated heterocycles. The molecule has 144 valence electrons.